The van der Waals surface area contributed by atoms with E-state index in [0.29, 0.717) is 6.42 Å². The van der Waals surface area contributed by atoms with Crippen LogP contribution in [0.1, 0.15) is 41.2 Å². The average molecular weight is 349 g/mol. The van der Waals surface area contributed by atoms with Crippen LogP contribution in [0.25, 0.3) is 0 Å². The summed E-state index contributed by atoms with van der Waals surface area (Å²) in [4.78, 5) is 24.5. The Morgan fingerprint density at radius 1 is 1.42 bits per heavy atom. The molecule has 130 valence electrons. The van der Waals surface area contributed by atoms with Crippen LogP contribution in [0, 0.1) is 19.8 Å². The minimum absolute atomic E-state index is 0.121. The number of rotatable bonds is 7. The van der Waals surface area contributed by atoms with Crippen LogP contribution in [0.4, 0.5) is 0 Å². The van der Waals surface area contributed by atoms with Crippen molar-refractivity contribution in [3.05, 3.63) is 39.3 Å². The number of nitrogens with one attached hydrogen (secondary N) is 1. The summed E-state index contributed by atoms with van der Waals surface area (Å²) in [5.74, 6) is -1.33. The number of carboxylic acid groups (broad SMARTS) is 1. The van der Waals surface area contributed by atoms with Gasteiger partial charge in [-0.05, 0) is 37.3 Å². The number of aryl methyl sites for hydroxylation is 2. The first kappa shape index (κ1) is 18.2. The second kappa shape index (κ2) is 7.61. The van der Waals surface area contributed by atoms with Gasteiger partial charge in [0.1, 0.15) is 0 Å². The first-order valence-electron chi connectivity index (χ1n) is 7.84. The third-order valence-electron chi connectivity index (χ3n) is 4.20. The van der Waals surface area contributed by atoms with E-state index in [1.807, 2.05) is 50.0 Å². The molecular weight excluding hydrogens is 326 g/mol. The number of carboxylic acids is 1. The number of aromatic nitrogens is 2. The highest BCUT2D eigenvalue weighted by atomic mass is 32.1. The normalized spacial score (nSPS) is 13.5. The summed E-state index contributed by atoms with van der Waals surface area (Å²) in [5.41, 5.74) is 3.05. The van der Waals surface area contributed by atoms with E-state index < -0.39 is 12.0 Å². The summed E-state index contributed by atoms with van der Waals surface area (Å²) in [5, 5.41) is 18.2. The first-order valence-corrected chi connectivity index (χ1v) is 8.72. The van der Waals surface area contributed by atoms with Crippen LogP contribution in [0.3, 0.4) is 0 Å². The van der Waals surface area contributed by atoms with Crippen molar-refractivity contribution in [1.82, 2.24) is 15.1 Å². The van der Waals surface area contributed by atoms with Crippen molar-refractivity contribution in [2.45, 2.75) is 39.7 Å². The fourth-order valence-corrected chi connectivity index (χ4v) is 3.49. The molecule has 0 aliphatic heterocycles. The Bertz CT molecular complexity index is 722. The smallest absolute Gasteiger partial charge is 0.305 e. The molecule has 7 heteroatoms. The Kier molecular flexibility index (Phi) is 5.77. The minimum atomic E-state index is -0.930. The molecule has 2 rings (SSSR count). The van der Waals surface area contributed by atoms with Crippen molar-refractivity contribution in [2.75, 3.05) is 0 Å². The Morgan fingerprint density at radius 3 is 2.62 bits per heavy atom. The van der Waals surface area contributed by atoms with Crippen molar-refractivity contribution >= 4 is 23.2 Å². The number of carbonyl (C=O) groups is 2. The lowest BCUT2D eigenvalue weighted by Crippen LogP contribution is -2.34. The molecule has 2 aromatic heterocycles. The summed E-state index contributed by atoms with van der Waals surface area (Å²) in [6.45, 7) is 5.78. The van der Waals surface area contributed by atoms with Crippen molar-refractivity contribution in [3.63, 3.8) is 0 Å². The topological polar surface area (TPSA) is 84.2 Å². The molecule has 0 saturated heterocycles. The molecule has 0 aliphatic carbocycles. The van der Waals surface area contributed by atoms with Gasteiger partial charge in [-0.3, -0.25) is 14.3 Å². The van der Waals surface area contributed by atoms with Gasteiger partial charge in [-0.25, -0.2) is 0 Å². The van der Waals surface area contributed by atoms with Crippen LogP contribution in [-0.2, 0) is 23.1 Å². The average Bonchev–Trinajstić information content (AvgIpc) is 3.11. The number of thiophene rings is 1. The minimum Gasteiger partial charge on any atom is -0.481 e. The standard InChI is InChI=1S/C17H23N3O3S/c1-10(8-13-11(2)19-20(4)12(13)3)17(23)18-14(9-16(21)22)15-6-5-7-24-15/h5-7,10,14H,8-9H2,1-4H3,(H,18,23)(H,21,22)/t10-,14+/m1/s1. The quantitative estimate of drug-likeness (QED) is 0.805. The molecule has 2 N–H and O–H groups in total. The van der Waals surface area contributed by atoms with Gasteiger partial charge in [-0.1, -0.05) is 13.0 Å². The van der Waals surface area contributed by atoms with Crippen LogP contribution >= 0.6 is 11.3 Å². The second-order valence-corrected chi connectivity index (χ2v) is 7.03. The lowest BCUT2D eigenvalue weighted by atomic mass is 9.98. The van der Waals surface area contributed by atoms with Gasteiger partial charge in [-0.2, -0.15) is 5.10 Å². The monoisotopic (exact) mass is 349 g/mol. The molecule has 0 bridgehead atoms. The molecule has 0 saturated carbocycles. The number of nitrogens with zero attached hydrogens (tertiary/aromatic N) is 2. The van der Waals surface area contributed by atoms with Crippen molar-refractivity contribution in [1.29, 1.82) is 0 Å². The highest BCUT2D eigenvalue weighted by Gasteiger charge is 2.23. The van der Waals surface area contributed by atoms with Gasteiger partial charge in [0.2, 0.25) is 5.91 Å². The molecule has 2 aromatic rings. The maximum atomic E-state index is 12.5. The molecule has 2 atom stereocenters. The molecule has 0 unspecified atom stereocenters. The van der Waals surface area contributed by atoms with E-state index in [0.717, 1.165) is 21.8 Å². The predicted molar refractivity (Wildman–Crippen MR) is 93.0 cm³/mol. The zero-order valence-corrected chi connectivity index (χ0v) is 15.2. The SMILES string of the molecule is Cc1nn(C)c(C)c1C[C@@H](C)C(=O)N[C@@H](CC(=O)O)c1cccs1. The Labute approximate surface area is 145 Å². The van der Waals surface area contributed by atoms with Crippen LogP contribution in [-0.4, -0.2) is 26.8 Å². The highest BCUT2D eigenvalue weighted by Crippen LogP contribution is 2.23. The molecule has 0 aromatic carbocycles. The fraction of sp³-hybridized carbons (Fsp3) is 0.471. The van der Waals surface area contributed by atoms with Gasteiger partial charge >= 0.3 is 5.97 Å². The summed E-state index contributed by atoms with van der Waals surface area (Å²) >= 11 is 1.45. The molecule has 0 radical (unpaired) electrons. The second-order valence-electron chi connectivity index (χ2n) is 6.05. The summed E-state index contributed by atoms with van der Waals surface area (Å²) in [6.07, 6.45) is 0.464. The summed E-state index contributed by atoms with van der Waals surface area (Å²) < 4.78 is 1.81. The van der Waals surface area contributed by atoms with Crippen molar-refractivity contribution in [3.8, 4) is 0 Å². The number of carbonyl (C=O) groups excluding carboxylic acids is 1. The zero-order valence-electron chi connectivity index (χ0n) is 14.4. The maximum Gasteiger partial charge on any atom is 0.305 e. The lowest BCUT2D eigenvalue weighted by molar-refractivity contribution is -0.137. The highest BCUT2D eigenvalue weighted by molar-refractivity contribution is 7.10. The Morgan fingerprint density at radius 2 is 2.12 bits per heavy atom. The number of aliphatic carboxylic acids is 1. The maximum absolute atomic E-state index is 12.5. The third-order valence-corrected chi connectivity index (χ3v) is 5.18. The summed E-state index contributed by atoms with van der Waals surface area (Å²) in [7, 11) is 1.89. The largest absolute Gasteiger partial charge is 0.481 e. The van der Waals surface area contributed by atoms with Gasteiger partial charge in [0.05, 0.1) is 18.2 Å². The molecule has 0 fully saturated rings. The van der Waals surface area contributed by atoms with Gasteiger partial charge < -0.3 is 10.4 Å². The van der Waals surface area contributed by atoms with Crippen LogP contribution in [0.5, 0.6) is 0 Å². The van der Waals surface area contributed by atoms with Crippen molar-refractivity contribution in [2.24, 2.45) is 13.0 Å². The number of hydrogen-bond donors (Lipinski definition) is 2. The number of amides is 1. The molecule has 24 heavy (non-hydrogen) atoms. The van der Waals surface area contributed by atoms with Crippen LogP contribution in [0.2, 0.25) is 0 Å². The molecule has 0 spiro atoms. The van der Waals surface area contributed by atoms with Gasteiger partial charge in [0.15, 0.2) is 0 Å². The van der Waals surface area contributed by atoms with Crippen LogP contribution < -0.4 is 5.32 Å². The Hall–Kier alpha value is -2.15. The zero-order chi connectivity index (χ0) is 17.9. The first-order chi connectivity index (χ1) is 11.3. The molecule has 6 nitrogen and oxygen atoms in total. The van der Waals surface area contributed by atoms with E-state index in [4.69, 9.17) is 5.11 Å². The van der Waals surface area contributed by atoms with E-state index in [9.17, 15) is 9.59 Å². The number of hydrogen-bond acceptors (Lipinski definition) is 4. The summed E-state index contributed by atoms with van der Waals surface area (Å²) in [6, 6.07) is 3.21. The van der Waals surface area contributed by atoms with E-state index in [-0.39, 0.29) is 18.2 Å². The molecule has 1 amide bonds. The Balaban J connectivity index is 2.07. The van der Waals surface area contributed by atoms with E-state index in [2.05, 4.69) is 10.4 Å². The van der Waals surface area contributed by atoms with Gasteiger partial charge in [-0.15, -0.1) is 11.3 Å². The van der Waals surface area contributed by atoms with E-state index in [1.54, 1.807) is 0 Å². The van der Waals surface area contributed by atoms with Gasteiger partial charge in [0.25, 0.3) is 0 Å². The van der Waals surface area contributed by atoms with Gasteiger partial charge in [0, 0.05) is 23.5 Å². The molecular formula is C17H23N3O3S. The predicted octanol–water partition coefficient (Wildman–Crippen LogP) is 2.61. The van der Waals surface area contributed by atoms with Crippen LogP contribution in [0.15, 0.2) is 17.5 Å². The fourth-order valence-electron chi connectivity index (χ4n) is 2.71. The lowest BCUT2D eigenvalue weighted by Gasteiger charge is -2.19. The third kappa shape index (κ3) is 4.23. The molecule has 0 aliphatic rings. The molecule has 2 heterocycles. The van der Waals surface area contributed by atoms with Crippen molar-refractivity contribution < 1.29 is 14.7 Å². The van der Waals surface area contributed by atoms with E-state index >= 15 is 0 Å². The van der Waals surface area contributed by atoms with E-state index in [1.165, 1.54) is 11.3 Å².